The minimum Gasteiger partial charge on any atom is -0.337 e. The van der Waals surface area contributed by atoms with Gasteiger partial charge in [-0.15, -0.1) is 0 Å². The second-order valence-electron chi connectivity index (χ2n) is 4.95. The van der Waals surface area contributed by atoms with Crippen molar-refractivity contribution in [3.8, 4) is 0 Å². The van der Waals surface area contributed by atoms with Gasteiger partial charge < -0.3 is 5.32 Å². The molecule has 3 amide bonds. The molecule has 21 heavy (non-hydrogen) atoms. The van der Waals surface area contributed by atoms with Gasteiger partial charge in [0.05, 0.1) is 12.3 Å². The van der Waals surface area contributed by atoms with E-state index in [0.717, 1.165) is 35.9 Å². The number of nitrogens with zero attached hydrogens (tertiary/aromatic N) is 1. The topological polar surface area (TPSA) is 70.6 Å². The number of imide groups is 1. The number of aliphatic imine (C=N–C) groups is 1. The number of rotatable bonds is 5. The third kappa shape index (κ3) is 6.56. The highest BCUT2D eigenvalue weighted by molar-refractivity contribution is 8.39. The predicted octanol–water partition coefficient (Wildman–Crippen LogP) is 2.54. The van der Waals surface area contributed by atoms with E-state index in [1.54, 1.807) is 11.8 Å². The van der Waals surface area contributed by atoms with Crippen molar-refractivity contribution in [2.45, 2.75) is 32.1 Å². The van der Waals surface area contributed by atoms with Gasteiger partial charge in [-0.05, 0) is 32.1 Å². The Labute approximate surface area is 133 Å². The van der Waals surface area contributed by atoms with Crippen LogP contribution >= 0.6 is 23.5 Å². The average Bonchev–Trinajstić information content (AvgIpc) is 2.99. The molecular weight excluding hydrogens is 306 g/mol. The molecule has 0 bridgehead atoms. The van der Waals surface area contributed by atoms with Crippen molar-refractivity contribution in [3.05, 3.63) is 11.6 Å². The summed E-state index contributed by atoms with van der Waals surface area (Å²) in [5.74, 6) is 0.953. The monoisotopic (exact) mass is 327 g/mol. The highest BCUT2D eigenvalue weighted by atomic mass is 32.2. The first-order valence-electron chi connectivity index (χ1n) is 7.29. The Balaban J connectivity index is 1.55. The average molecular weight is 327 g/mol. The number of carbonyl (C=O) groups excluding carboxylic acids is 2. The fourth-order valence-corrected chi connectivity index (χ4v) is 4.01. The third-order valence-electron chi connectivity index (χ3n) is 3.25. The lowest BCUT2D eigenvalue weighted by molar-refractivity contribution is -0.117. The van der Waals surface area contributed by atoms with Crippen LogP contribution in [0.15, 0.2) is 16.6 Å². The lowest BCUT2D eigenvalue weighted by Gasteiger charge is -2.13. The van der Waals surface area contributed by atoms with Crippen LogP contribution in [0.4, 0.5) is 4.79 Å². The molecule has 1 heterocycles. The molecule has 0 saturated carbocycles. The van der Waals surface area contributed by atoms with E-state index >= 15 is 0 Å². The van der Waals surface area contributed by atoms with E-state index in [-0.39, 0.29) is 11.7 Å². The molecule has 7 heteroatoms. The summed E-state index contributed by atoms with van der Waals surface area (Å²) in [4.78, 5) is 27.4. The molecule has 2 aliphatic rings. The summed E-state index contributed by atoms with van der Waals surface area (Å²) in [5, 5.41) is 5.08. The lowest BCUT2D eigenvalue weighted by Crippen LogP contribution is -2.40. The van der Waals surface area contributed by atoms with Crippen LogP contribution in [0.5, 0.6) is 0 Å². The van der Waals surface area contributed by atoms with Crippen LogP contribution in [0.25, 0.3) is 0 Å². The van der Waals surface area contributed by atoms with Gasteiger partial charge in [0.2, 0.25) is 5.91 Å². The fraction of sp³-hybridized carbons (Fsp3) is 0.643. The molecule has 2 rings (SSSR count). The largest absolute Gasteiger partial charge is 0.337 e. The van der Waals surface area contributed by atoms with Crippen LogP contribution in [0.2, 0.25) is 0 Å². The second kappa shape index (κ2) is 9.15. The molecule has 0 atom stereocenters. The first kappa shape index (κ1) is 16.4. The lowest BCUT2D eigenvalue weighted by atomic mass is 9.97. The zero-order chi connectivity index (χ0) is 14.9. The SMILES string of the molecule is O=C(CSC1=NCCS1)NC(=O)NCCC1=CCCCC1. The minimum atomic E-state index is -0.405. The van der Waals surface area contributed by atoms with Crippen LogP contribution in [-0.2, 0) is 4.79 Å². The Kier molecular flexibility index (Phi) is 7.15. The van der Waals surface area contributed by atoms with Gasteiger partial charge in [0.15, 0.2) is 0 Å². The van der Waals surface area contributed by atoms with E-state index in [1.165, 1.54) is 30.2 Å². The Morgan fingerprint density at radius 1 is 1.38 bits per heavy atom. The number of nitrogens with one attached hydrogen (secondary N) is 2. The molecule has 5 nitrogen and oxygen atoms in total. The van der Waals surface area contributed by atoms with Gasteiger partial charge in [-0.2, -0.15) is 0 Å². The molecule has 0 unspecified atom stereocenters. The highest BCUT2D eigenvalue weighted by Gasteiger charge is 2.12. The van der Waals surface area contributed by atoms with Crippen LogP contribution in [0.3, 0.4) is 0 Å². The van der Waals surface area contributed by atoms with Crippen molar-refractivity contribution in [2.75, 3.05) is 24.6 Å². The van der Waals surface area contributed by atoms with E-state index in [9.17, 15) is 9.59 Å². The van der Waals surface area contributed by atoms with Crippen LogP contribution in [0, 0.1) is 0 Å². The van der Waals surface area contributed by atoms with E-state index < -0.39 is 6.03 Å². The molecular formula is C14H21N3O2S2. The normalized spacial score (nSPS) is 17.9. The molecule has 0 spiro atoms. The summed E-state index contributed by atoms with van der Waals surface area (Å²) < 4.78 is 0.940. The molecule has 1 aliphatic carbocycles. The molecule has 2 N–H and O–H groups in total. The zero-order valence-electron chi connectivity index (χ0n) is 12.0. The number of thioether (sulfide) groups is 2. The number of hydrogen-bond acceptors (Lipinski definition) is 5. The van der Waals surface area contributed by atoms with Crippen molar-refractivity contribution < 1.29 is 9.59 Å². The van der Waals surface area contributed by atoms with Gasteiger partial charge in [0.1, 0.15) is 4.38 Å². The Hall–Kier alpha value is -0.950. The molecule has 1 aliphatic heterocycles. The van der Waals surface area contributed by atoms with Gasteiger partial charge in [-0.1, -0.05) is 35.2 Å². The number of amides is 3. The Morgan fingerprint density at radius 3 is 3.00 bits per heavy atom. The third-order valence-corrected chi connectivity index (χ3v) is 5.51. The number of allylic oxidation sites excluding steroid dienone is 1. The van der Waals surface area contributed by atoms with Gasteiger partial charge in [0, 0.05) is 12.3 Å². The molecule has 0 fully saturated rings. The van der Waals surface area contributed by atoms with Gasteiger partial charge in [0.25, 0.3) is 0 Å². The van der Waals surface area contributed by atoms with Gasteiger partial charge in [-0.25, -0.2) is 4.79 Å². The van der Waals surface area contributed by atoms with E-state index in [4.69, 9.17) is 0 Å². The predicted molar refractivity (Wildman–Crippen MR) is 89.9 cm³/mol. The first-order chi connectivity index (χ1) is 10.2. The molecule has 0 radical (unpaired) electrons. The summed E-state index contributed by atoms with van der Waals surface area (Å²) in [7, 11) is 0. The second-order valence-corrected chi connectivity index (χ2v) is 7.25. The summed E-state index contributed by atoms with van der Waals surface area (Å²) in [6.45, 7) is 1.41. The maximum Gasteiger partial charge on any atom is 0.321 e. The van der Waals surface area contributed by atoms with Crippen LogP contribution in [-0.4, -0.2) is 40.9 Å². The molecule has 116 valence electrons. The first-order valence-corrected chi connectivity index (χ1v) is 9.27. The quantitative estimate of drug-likeness (QED) is 0.761. The van der Waals surface area contributed by atoms with E-state index in [1.807, 2.05) is 0 Å². The van der Waals surface area contributed by atoms with Crippen molar-refractivity contribution in [1.82, 2.24) is 10.6 Å². The van der Waals surface area contributed by atoms with E-state index in [0.29, 0.717) is 6.54 Å². The summed E-state index contributed by atoms with van der Waals surface area (Å²) >= 11 is 3.05. The Morgan fingerprint density at radius 2 is 2.29 bits per heavy atom. The Bertz CT molecular complexity index is 450. The summed E-state index contributed by atoms with van der Waals surface area (Å²) in [6.07, 6.45) is 7.95. The maximum atomic E-state index is 11.6. The van der Waals surface area contributed by atoms with Crippen molar-refractivity contribution in [3.63, 3.8) is 0 Å². The van der Waals surface area contributed by atoms with Crippen molar-refractivity contribution in [1.29, 1.82) is 0 Å². The van der Waals surface area contributed by atoms with E-state index in [2.05, 4.69) is 21.7 Å². The van der Waals surface area contributed by atoms with Gasteiger partial charge >= 0.3 is 6.03 Å². The molecule has 0 aromatic carbocycles. The summed E-state index contributed by atoms with van der Waals surface area (Å²) in [5.41, 5.74) is 1.42. The number of carbonyl (C=O) groups is 2. The van der Waals surface area contributed by atoms with Crippen LogP contribution in [0.1, 0.15) is 32.1 Å². The minimum absolute atomic E-state index is 0.240. The number of hydrogen-bond donors (Lipinski definition) is 2. The van der Waals surface area contributed by atoms with Crippen LogP contribution < -0.4 is 10.6 Å². The van der Waals surface area contributed by atoms with Crippen molar-refractivity contribution >= 4 is 39.8 Å². The molecule has 0 aromatic rings. The summed E-state index contributed by atoms with van der Waals surface area (Å²) in [6, 6.07) is -0.405. The zero-order valence-corrected chi connectivity index (χ0v) is 13.7. The molecule has 0 aromatic heterocycles. The van der Waals surface area contributed by atoms with Gasteiger partial charge in [-0.3, -0.25) is 15.1 Å². The maximum absolute atomic E-state index is 11.6. The standard InChI is InChI=1S/C14H21N3O2S2/c18-12(10-21-14-16-8-9-20-14)17-13(19)15-7-6-11-4-2-1-3-5-11/h4H,1-3,5-10H2,(H2,15,17,18,19). The smallest absolute Gasteiger partial charge is 0.321 e. The molecule has 0 saturated heterocycles. The van der Waals surface area contributed by atoms with Crippen molar-refractivity contribution in [2.24, 2.45) is 4.99 Å². The number of urea groups is 1. The highest BCUT2D eigenvalue weighted by Crippen LogP contribution is 2.21. The fourth-order valence-electron chi connectivity index (χ4n) is 2.21.